The quantitative estimate of drug-likeness (QED) is 0.534. The van der Waals surface area contributed by atoms with Crippen molar-refractivity contribution in [2.75, 3.05) is 0 Å². The van der Waals surface area contributed by atoms with E-state index < -0.39 is 0 Å². The van der Waals surface area contributed by atoms with Gasteiger partial charge in [0.15, 0.2) is 0 Å². The molecule has 4 nitrogen and oxygen atoms in total. The number of rotatable bonds is 8. The third-order valence-electron chi connectivity index (χ3n) is 2.69. The number of hydrogen-bond acceptors (Lipinski definition) is 4. The predicted molar refractivity (Wildman–Crippen MR) is 71.9 cm³/mol. The number of phenols is 1. The van der Waals surface area contributed by atoms with Crippen LogP contribution in [0, 0.1) is 0 Å². The Balaban J connectivity index is 2.42. The number of unbranched alkanes of at least 4 members (excludes halogenated alkanes) is 1. The Bertz CT molecular complexity index is 349. The molecule has 1 aromatic rings. The maximum Gasteiger partial charge on any atom is 0.129 e. The average Bonchev–Trinajstić information content (AvgIpc) is 2.38. The van der Waals surface area contributed by atoms with Crippen molar-refractivity contribution in [2.24, 2.45) is 10.4 Å². The van der Waals surface area contributed by atoms with Crippen LogP contribution in [0.2, 0.25) is 0 Å². The van der Waals surface area contributed by atoms with Crippen LogP contribution in [0.25, 0.3) is 0 Å². The van der Waals surface area contributed by atoms with E-state index in [2.05, 4.69) is 24.2 Å². The van der Waals surface area contributed by atoms with Crippen LogP contribution < -0.4 is 0 Å². The standard InChI is InChI=1S/C14H22N2O2/c1-3-5-7-14(6-4-2)18-16-15-12-8-10-13(17)11-9-12/h8-11,14,17H,3-7H2,1-2H3. The van der Waals surface area contributed by atoms with Crippen LogP contribution in [0.3, 0.4) is 0 Å². The lowest BCUT2D eigenvalue weighted by molar-refractivity contribution is 0.0315. The zero-order valence-electron chi connectivity index (χ0n) is 11.2. The van der Waals surface area contributed by atoms with Gasteiger partial charge in [0, 0.05) is 5.28 Å². The lowest BCUT2D eigenvalue weighted by atomic mass is 10.1. The van der Waals surface area contributed by atoms with E-state index in [-0.39, 0.29) is 11.9 Å². The summed E-state index contributed by atoms with van der Waals surface area (Å²) >= 11 is 0. The third-order valence-corrected chi connectivity index (χ3v) is 2.69. The third kappa shape index (κ3) is 5.66. The van der Waals surface area contributed by atoms with Gasteiger partial charge in [0.2, 0.25) is 0 Å². The molecule has 1 atom stereocenters. The Hall–Kier alpha value is -1.58. The fourth-order valence-electron chi connectivity index (χ4n) is 1.66. The first-order valence-corrected chi connectivity index (χ1v) is 6.62. The molecule has 4 heteroatoms. The summed E-state index contributed by atoms with van der Waals surface area (Å²) in [7, 11) is 0. The molecule has 100 valence electrons. The maximum atomic E-state index is 9.13. The second-order valence-corrected chi connectivity index (χ2v) is 4.36. The van der Waals surface area contributed by atoms with Gasteiger partial charge < -0.3 is 9.94 Å². The molecule has 0 heterocycles. The van der Waals surface area contributed by atoms with Crippen molar-refractivity contribution < 1.29 is 9.94 Å². The fourth-order valence-corrected chi connectivity index (χ4v) is 1.66. The molecule has 1 unspecified atom stereocenters. The summed E-state index contributed by atoms with van der Waals surface area (Å²) in [5, 5.41) is 16.9. The minimum absolute atomic E-state index is 0.163. The van der Waals surface area contributed by atoms with Crippen LogP contribution in [0.5, 0.6) is 5.75 Å². The van der Waals surface area contributed by atoms with Crippen LogP contribution in [-0.2, 0) is 4.84 Å². The summed E-state index contributed by atoms with van der Waals surface area (Å²) in [4.78, 5) is 5.41. The van der Waals surface area contributed by atoms with E-state index in [4.69, 9.17) is 9.94 Å². The molecule has 0 spiro atoms. The monoisotopic (exact) mass is 250 g/mol. The molecule has 18 heavy (non-hydrogen) atoms. The first kappa shape index (κ1) is 14.5. The Kier molecular flexibility index (Phi) is 6.84. The van der Waals surface area contributed by atoms with Gasteiger partial charge in [0.25, 0.3) is 0 Å². The SMILES string of the molecule is CCCCC(CCC)ON=Nc1ccc(O)cc1. The normalized spacial score (nSPS) is 12.8. The Morgan fingerprint density at radius 1 is 1.11 bits per heavy atom. The van der Waals surface area contributed by atoms with Crippen molar-refractivity contribution >= 4 is 5.69 Å². The number of hydrogen-bond donors (Lipinski definition) is 1. The number of nitrogens with zero attached hydrogens (tertiary/aromatic N) is 2. The van der Waals surface area contributed by atoms with Gasteiger partial charge in [-0.15, -0.1) is 5.11 Å². The molecule has 0 saturated carbocycles. The Labute approximate surface area is 109 Å². The second-order valence-electron chi connectivity index (χ2n) is 4.36. The van der Waals surface area contributed by atoms with Gasteiger partial charge in [-0.2, -0.15) is 0 Å². The lowest BCUT2D eigenvalue weighted by Crippen LogP contribution is -2.08. The molecule has 1 N–H and O–H groups in total. The molecule has 0 bridgehead atoms. The topological polar surface area (TPSA) is 54.2 Å². The van der Waals surface area contributed by atoms with E-state index in [1.165, 1.54) is 6.42 Å². The summed E-state index contributed by atoms with van der Waals surface area (Å²) in [5.41, 5.74) is 0.679. The average molecular weight is 250 g/mol. The first-order chi connectivity index (χ1) is 8.76. The van der Waals surface area contributed by atoms with Crippen LogP contribution in [0.1, 0.15) is 46.0 Å². The van der Waals surface area contributed by atoms with Gasteiger partial charge in [0.1, 0.15) is 11.9 Å². The molecule has 0 aliphatic carbocycles. The van der Waals surface area contributed by atoms with Crippen molar-refractivity contribution in [2.45, 2.75) is 52.1 Å². The lowest BCUT2D eigenvalue weighted by Gasteiger charge is -2.12. The number of phenolic OH excluding ortho intramolecular Hbond substituents is 1. The molecular weight excluding hydrogens is 228 g/mol. The van der Waals surface area contributed by atoms with Gasteiger partial charge >= 0.3 is 0 Å². The molecule has 0 radical (unpaired) electrons. The van der Waals surface area contributed by atoms with Gasteiger partial charge in [0.05, 0.1) is 5.69 Å². The van der Waals surface area contributed by atoms with Crippen molar-refractivity contribution in [1.29, 1.82) is 0 Å². The molecule has 1 rings (SSSR count). The van der Waals surface area contributed by atoms with E-state index in [9.17, 15) is 0 Å². The molecule has 0 aliphatic rings. The van der Waals surface area contributed by atoms with Gasteiger partial charge in [-0.1, -0.05) is 26.7 Å². The highest BCUT2D eigenvalue weighted by Gasteiger charge is 2.07. The van der Waals surface area contributed by atoms with Crippen LogP contribution in [0.4, 0.5) is 5.69 Å². The summed E-state index contributed by atoms with van der Waals surface area (Å²) < 4.78 is 0. The molecule has 1 aromatic carbocycles. The minimum atomic E-state index is 0.163. The van der Waals surface area contributed by atoms with E-state index in [0.29, 0.717) is 5.69 Å². The van der Waals surface area contributed by atoms with Crippen LogP contribution in [0.15, 0.2) is 34.7 Å². The number of aromatic hydroxyl groups is 1. The zero-order valence-corrected chi connectivity index (χ0v) is 11.2. The van der Waals surface area contributed by atoms with Gasteiger partial charge in [-0.05, 0) is 43.5 Å². The smallest absolute Gasteiger partial charge is 0.129 e. The van der Waals surface area contributed by atoms with Crippen molar-refractivity contribution in [3.8, 4) is 5.75 Å². The van der Waals surface area contributed by atoms with Crippen LogP contribution in [-0.4, -0.2) is 11.2 Å². The minimum Gasteiger partial charge on any atom is -0.508 e. The summed E-state index contributed by atoms with van der Waals surface area (Å²) in [6.07, 6.45) is 5.60. The summed E-state index contributed by atoms with van der Waals surface area (Å²) in [6, 6.07) is 6.55. The Morgan fingerprint density at radius 3 is 2.44 bits per heavy atom. The molecule has 0 amide bonds. The van der Waals surface area contributed by atoms with E-state index in [1.54, 1.807) is 24.3 Å². The maximum absolute atomic E-state index is 9.13. The van der Waals surface area contributed by atoms with E-state index in [0.717, 1.165) is 25.7 Å². The predicted octanol–water partition coefficient (Wildman–Crippen LogP) is 4.77. The highest BCUT2D eigenvalue weighted by Crippen LogP contribution is 2.18. The Morgan fingerprint density at radius 2 is 1.83 bits per heavy atom. The zero-order chi connectivity index (χ0) is 13.2. The molecular formula is C14H22N2O2. The molecule has 0 aliphatic heterocycles. The summed E-state index contributed by atoms with van der Waals surface area (Å²) in [5.74, 6) is 0.224. The molecule has 0 saturated heterocycles. The fraction of sp³-hybridized carbons (Fsp3) is 0.571. The highest BCUT2D eigenvalue weighted by molar-refractivity contribution is 5.39. The first-order valence-electron chi connectivity index (χ1n) is 6.62. The van der Waals surface area contributed by atoms with Crippen molar-refractivity contribution in [3.63, 3.8) is 0 Å². The van der Waals surface area contributed by atoms with Crippen LogP contribution >= 0.6 is 0 Å². The van der Waals surface area contributed by atoms with Gasteiger partial charge in [-0.25, -0.2) is 0 Å². The van der Waals surface area contributed by atoms with Gasteiger partial charge in [-0.3, -0.25) is 0 Å². The molecule has 0 aromatic heterocycles. The summed E-state index contributed by atoms with van der Waals surface area (Å²) in [6.45, 7) is 4.31. The van der Waals surface area contributed by atoms with E-state index in [1.807, 2.05) is 0 Å². The second kappa shape index (κ2) is 8.50. The van der Waals surface area contributed by atoms with E-state index >= 15 is 0 Å². The highest BCUT2D eigenvalue weighted by atomic mass is 16.6. The molecule has 0 fully saturated rings. The number of benzene rings is 1. The van der Waals surface area contributed by atoms with Crippen molar-refractivity contribution in [3.05, 3.63) is 24.3 Å². The largest absolute Gasteiger partial charge is 0.508 e. The van der Waals surface area contributed by atoms with Crippen molar-refractivity contribution in [1.82, 2.24) is 0 Å².